The molecule has 2 heterocycles. The zero-order valence-corrected chi connectivity index (χ0v) is 10.7. The van der Waals surface area contributed by atoms with Crippen molar-refractivity contribution in [3.63, 3.8) is 0 Å². The SMILES string of the molecule is O=C(Nc1ccccc1-n1cnnn1)C1CNCCO1. The number of rotatable bonds is 3. The minimum atomic E-state index is -0.481. The van der Waals surface area contributed by atoms with Gasteiger partial charge in [0, 0.05) is 13.1 Å². The molecular weight excluding hydrogens is 260 g/mol. The zero-order chi connectivity index (χ0) is 13.8. The molecule has 20 heavy (non-hydrogen) atoms. The Morgan fingerprint density at radius 2 is 2.35 bits per heavy atom. The Balaban J connectivity index is 1.79. The summed E-state index contributed by atoms with van der Waals surface area (Å²) in [6.45, 7) is 1.82. The molecule has 1 amide bonds. The van der Waals surface area contributed by atoms with E-state index in [1.807, 2.05) is 18.2 Å². The number of ether oxygens (including phenoxy) is 1. The largest absolute Gasteiger partial charge is 0.366 e. The molecule has 0 radical (unpaired) electrons. The monoisotopic (exact) mass is 274 g/mol. The van der Waals surface area contributed by atoms with E-state index in [0.717, 1.165) is 6.54 Å². The van der Waals surface area contributed by atoms with E-state index < -0.39 is 6.10 Å². The number of carbonyl (C=O) groups is 1. The van der Waals surface area contributed by atoms with Crippen molar-refractivity contribution in [2.45, 2.75) is 6.10 Å². The number of nitrogens with zero attached hydrogens (tertiary/aromatic N) is 4. The molecule has 1 atom stereocenters. The van der Waals surface area contributed by atoms with Gasteiger partial charge in [-0.15, -0.1) is 5.10 Å². The zero-order valence-electron chi connectivity index (χ0n) is 10.7. The van der Waals surface area contributed by atoms with E-state index in [1.165, 1.54) is 11.0 Å². The smallest absolute Gasteiger partial charge is 0.254 e. The lowest BCUT2D eigenvalue weighted by Crippen LogP contribution is -2.45. The van der Waals surface area contributed by atoms with Crippen molar-refractivity contribution in [2.24, 2.45) is 0 Å². The Morgan fingerprint density at radius 1 is 1.45 bits per heavy atom. The molecule has 1 aliphatic heterocycles. The molecule has 8 nitrogen and oxygen atoms in total. The van der Waals surface area contributed by atoms with Gasteiger partial charge in [-0.1, -0.05) is 12.1 Å². The van der Waals surface area contributed by atoms with Crippen LogP contribution < -0.4 is 10.6 Å². The van der Waals surface area contributed by atoms with Gasteiger partial charge in [-0.2, -0.15) is 4.68 Å². The number of morpholine rings is 1. The van der Waals surface area contributed by atoms with Gasteiger partial charge in [-0.3, -0.25) is 4.79 Å². The highest BCUT2D eigenvalue weighted by atomic mass is 16.5. The quantitative estimate of drug-likeness (QED) is 0.790. The van der Waals surface area contributed by atoms with Gasteiger partial charge in [0.05, 0.1) is 18.0 Å². The predicted octanol–water partition coefficient (Wildman–Crippen LogP) is -0.411. The van der Waals surface area contributed by atoms with Crippen molar-refractivity contribution in [1.82, 2.24) is 25.5 Å². The summed E-state index contributed by atoms with van der Waals surface area (Å²) in [5.74, 6) is -0.183. The number of nitrogens with one attached hydrogen (secondary N) is 2. The van der Waals surface area contributed by atoms with Gasteiger partial charge in [-0.25, -0.2) is 0 Å². The van der Waals surface area contributed by atoms with Gasteiger partial charge in [-0.05, 0) is 22.6 Å². The van der Waals surface area contributed by atoms with Crippen molar-refractivity contribution in [2.75, 3.05) is 25.0 Å². The molecule has 8 heteroatoms. The molecule has 1 fully saturated rings. The molecule has 1 aliphatic rings. The normalized spacial score (nSPS) is 18.7. The number of hydrogen-bond donors (Lipinski definition) is 2. The Hall–Kier alpha value is -2.32. The van der Waals surface area contributed by atoms with Crippen molar-refractivity contribution < 1.29 is 9.53 Å². The Morgan fingerprint density at radius 3 is 3.10 bits per heavy atom. The van der Waals surface area contributed by atoms with Gasteiger partial charge in [0.1, 0.15) is 12.4 Å². The third kappa shape index (κ3) is 2.65. The molecule has 1 saturated heterocycles. The van der Waals surface area contributed by atoms with E-state index >= 15 is 0 Å². The molecule has 3 rings (SSSR count). The predicted molar refractivity (Wildman–Crippen MR) is 70.4 cm³/mol. The number of carbonyl (C=O) groups excluding carboxylic acids is 1. The van der Waals surface area contributed by atoms with Crippen LogP contribution in [-0.4, -0.2) is 51.9 Å². The van der Waals surface area contributed by atoms with E-state index in [0.29, 0.717) is 24.5 Å². The van der Waals surface area contributed by atoms with Crippen molar-refractivity contribution in [1.29, 1.82) is 0 Å². The fourth-order valence-corrected chi connectivity index (χ4v) is 2.00. The summed E-state index contributed by atoms with van der Waals surface area (Å²) >= 11 is 0. The summed E-state index contributed by atoms with van der Waals surface area (Å²) in [6, 6.07) is 7.31. The maximum atomic E-state index is 12.2. The van der Waals surface area contributed by atoms with Gasteiger partial charge in [0.15, 0.2) is 0 Å². The first-order chi connectivity index (χ1) is 9.84. The molecule has 1 unspecified atom stereocenters. The lowest BCUT2D eigenvalue weighted by Gasteiger charge is -2.23. The fourth-order valence-electron chi connectivity index (χ4n) is 2.00. The molecule has 0 aliphatic carbocycles. The molecule has 104 valence electrons. The molecule has 2 aromatic rings. The number of aromatic nitrogens is 4. The highest BCUT2D eigenvalue weighted by Crippen LogP contribution is 2.18. The van der Waals surface area contributed by atoms with E-state index in [4.69, 9.17) is 4.74 Å². The molecule has 1 aromatic carbocycles. The number of tetrazole rings is 1. The van der Waals surface area contributed by atoms with Crippen molar-refractivity contribution >= 4 is 11.6 Å². The minimum absolute atomic E-state index is 0.183. The summed E-state index contributed by atoms with van der Waals surface area (Å²) in [6.07, 6.45) is 0.995. The van der Waals surface area contributed by atoms with Crippen LogP contribution in [0.2, 0.25) is 0 Å². The Kier molecular flexibility index (Phi) is 3.66. The average Bonchev–Trinajstić information content (AvgIpc) is 3.03. The van der Waals surface area contributed by atoms with Gasteiger partial charge < -0.3 is 15.4 Å². The highest BCUT2D eigenvalue weighted by Gasteiger charge is 2.22. The number of hydrogen-bond acceptors (Lipinski definition) is 6. The van der Waals surface area contributed by atoms with Crippen LogP contribution in [-0.2, 0) is 9.53 Å². The summed E-state index contributed by atoms with van der Waals surface area (Å²) < 4.78 is 6.92. The van der Waals surface area contributed by atoms with Crippen LogP contribution in [0.25, 0.3) is 5.69 Å². The van der Waals surface area contributed by atoms with Crippen LogP contribution in [0.15, 0.2) is 30.6 Å². The van der Waals surface area contributed by atoms with E-state index in [1.54, 1.807) is 6.07 Å². The number of anilines is 1. The number of benzene rings is 1. The molecule has 0 bridgehead atoms. The van der Waals surface area contributed by atoms with Crippen molar-refractivity contribution in [3.05, 3.63) is 30.6 Å². The van der Waals surface area contributed by atoms with Crippen LogP contribution in [0.1, 0.15) is 0 Å². The molecule has 0 saturated carbocycles. The van der Waals surface area contributed by atoms with Crippen LogP contribution in [0, 0.1) is 0 Å². The summed E-state index contributed by atoms with van der Waals surface area (Å²) in [7, 11) is 0. The highest BCUT2D eigenvalue weighted by molar-refractivity contribution is 5.96. The molecule has 2 N–H and O–H groups in total. The fraction of sp³-hybridized carbons (Fsp3) is 0.333. The minimum Gasteiger partial charge on any atom is -0.366 e. The average molecular weight is 274 g/mol. The van der Waals surface area contributed by atoms with Crippen molar-refractivity contribution in [3.8, 4) is 5.69 Å². The first kappa shape index (κ1) is 12.7. The van der Waals surface area contributed by atoms with Gasteiger partial charge >= 0.3 is 0 Å². The third-order valence-corrected chi connectivity index (χ3v) is 2.98. The van der Waals surface area contributed by atoms with Crippen LogP contribution in [0.4, 0.5) is 5.69 Å². The van der Waals surface area contributed by atoms with Crippen LogP contribution in [0.5, 0.6) is 0 Å². The second-order valence-corrected chi connectivity index (χ2v) is 4.32. The maximum absolute atomic E-state index is 12.2. The lowest BCUT2D eigenvalue weighted by atomic mass is 10.2. The van der Waals surface area contributed by atoms with E-state index in [2.05, 4.69) is 26.2 Å². The summed E-state index contributed by atoms with van der Waals surface area (Å²) in [5, 5.41) is 17.0. The van der Waals surface area contributed by atoms with Crippen LogP contribution in [0.3, 0.4) is 0 Å². The second-order valence-electron chi connectivity index (χ2n) is 4.32. The number of amides is 1. The standard InChI is InChI=1S/C12H14N6O2/c19-12(11-7-13-5-6-20-11)15-9-3-1-2-4-10(9)18-8-14-16-17-18/h1-4,8,11,13H,5-7H2,(H,15,19). The summed E-state index contributed by atoms with van der Waals surface area (Å²) in [5.41, 5.74) is 1.34. The van der Waals surface area contributed by atoms with Crippen LogP contribution >= 0.6 is 0 Å². The molecule has 0 spiro atoms. The van der Waals surface area contributed by atoms with Gasteiger partial charge in [0.25, 0.3) is 5.91 Å². The number of para-hydroxylation sites is 2. The first-order valence-corrected chi connectivity index (χ1v) is 6.30. The Labute approximate surface area is 115 Å². The molecular formula is C12H14N6O2. The topological polar surface area (TPSA) is 94.0 Å². The van der Waals surface area contributed by atoms with Gasteiger partial charge in [0.2, 0.25) is 0 Å². The Bertz CT molecular complexity index is 579. The van der Waals surface area contributed by atoms with E-state index in [9.17, 15) is 4.79 Å². The second kappa shape index (κ2) is 5.76. The third-order valence-electron chi connectivity index (χ3n) is 2.98. The first-order valence-electron chi connectivity index (χ1n) is 6.30. The summed E-state index contributed by atoms with van der Waals surface area (Å²) in [4.78, 5) is 12.2. The lowest BCUT2D eigenvalue weighted by molar-refractivity contribution is -0.128. The maximum Gasteiger partial charge on any atom is 0.254 e. The molecule has 1 aromatic heterocycles. The van der Waals surface area contributed by atoms with E-state index in [-0.39, 0.29) is 5.91 Å².